The molecule has 0 bridgehead atoms. The van der Waals surface area contributed by atoms with Crippen molar-refractivity contribution in [3.8, 4) is 0 Å². The number of hydrogen-bond acceptors (Lipinski definition) is 4. The molecule has 2 aliphatic carbocycles. The van der Waals surface area contributed by atoms with Crippen molar-refractivity contribution in [3.63, 3.8) is 0 Å². The first-order valence-corrected chi connectivity index (χ1v) is 27.6. The fourth-order valence-electron chi connectivity index (χ4n) is 13.7. The summed E-state index contributed by atoms with van der Waals surface area (Å²) in [6.07, 6.45) is 10.0. The minimum Gasteiger partial charge on any atom is -0.454 e. The van der Waals surface area contributed by atoms with Crippen molar-refractivity contribution >= 4 is 110 Å². The summed E-state index contributed by atoms with van der Waals surface area (Å²) in [5, 5.41) is 12.4. The average Bonchev–Trinajstić information content (AvgIpc) is 4.27. The van der Waals surface area contributed by atoms with Crippen LogP contribution in [0.4, 0.5) is 34.1 Å². The van der Waals surface area contributed by atoms with Gasteiger partial charge in [-0.1, -0.05) is 174 Å². The molecule has 0 N–H and O–H groups in total. The molecule has 2 fully saturated rings. The third kappa shape index (κ3) is 7.00. The van der Waals surface area contributed by atoms with Gasteiger partial charge in [0.2, 0.25) is 0 Å². The highest BCUT2D eigenvalue weighted by atomic mass is 16.3. The van der Waals surface area contributed by atoms with E-state index in [1.807, 2.05) is 0 Å². The Kier molecular flexibility index (Phi) is 10.7. The molecule has 0 radical (unpaired) electrons. The zero-order valence-electron chi connectivity index (χ0n) is 43.7. The second kappa shape index (κ2) is 17.5. The zero-order chi connectivity index (χ0) is 49.9. The summed E-state index contributed by atoms with van der Waals surface area (Å²) < 4.78 is 14.6. The summed E-state index contributed by atoms with van der Waals surface area (Å²) in [6.45, 7) is 13.8. The van der Waals surface area contributed by atoms with Crippen LogP contribution in [0.15, 0.2) is 167 Å². The number of anilines is 6. The molecule has 4 nitrogen and oxygen atoms in total. The predicted molar refractivity (Wildman–Crippen MR) is 314 cm³/mol. The van der Waals surface area contributed by atoms with Gasteiger partial charge >= 0.3 is 0 Å². The van der Waals surface area contributed by atoms with Crippen molar-refractivity contribution < 1.29 is 8.83 Å². The standard InChI is InChI=1S/C70H64N2O2/c1-41(2)59-39-63(71(47-31-27-43(5)28-32-47)61-25-13-23-55-53-21-11-19-49(45-15-7-8-16-45)67(53)73-69(55)61)57-38-36-52-60(42(3)4)40-64(58-37-35-51(59)65(57)66(52)58)72(48-33-29-44(6)30-34-48)62-26-14-24-56-54-22-12-20-50(46-17-9-10-18-46)68(54)74-70(56)62/h11-14,19-42,45-46H,7-10,15-18H2,1-6H3. The van der Waals surface area contributed by atoms with Gasteiger partial charge in [0.25, 0.3) is 0 Å². The van der Waals surface area contributed by atoms with Crippen LogP contribution in [-0.2, 0) is 0 Å². The van der Waals surface area contributed by atoms with Gasteiger partial charge in [-0.15, -0.1) is 0 Å². The lowest BCUT2D eigenvalue weighted by molar-refractivity contribution is 0.643. The molecule has 0 saturated heterocycles. The summed E-state index contributed by atoms with van der Waals surface area (Å²) in [5.74, 6) is 1.57. The van der Waals surface area contributed by atoms with E-state index in [4.69, 9.17) is 8.83 Å². The quantitative estimate of drug-likeness (QED) is 0.128. The molecule has 0 aliphatic heterocycles. The van der Waals surface area contributed by atoms with Gasteiger partial charge in [-0.25, -0.2) is 0 Å². The van der Waals surface area contributed by atoms with Crippen molar-refractivity contribution in [2.45, 2.75) is 117 Å². The number of rotatable bonds is 10. The summed E-state index contributed by atoms with van der Waals surface area (Å²) in [6, 6.07) is 60.0. The monoisotopic (exact) mass is 964 g/mol. The van der Waals surface area contributed by atoms with Crippen LogP contribution >= 0.6 is 0 Å². The van der Waals surface area contributed by atoms with Crippen LogP contribution in [-0.4, -0.2) is 0 Å². The Morgan fingerprint density at radius 1 is 0.365 bits per heavy atom. The molecule has 2 heterocycles. The second-order valence-corrected chi connectivity index (χ2v) is 22.6. The molecule has 366 valence electrons. The molecule has 2 aliphatic rings. The van der Waals surface area contributed by atoms with E-state index in [2.05, 4.69) is 209 Å². The van der Waals surface area contributed by atoms with Crippen molar-refractivity contribution in [2.75, 3.05) is 9.80 Å². The Bertz CT molecular complexity index is 3850. The summed E-state index contributed by atoms with van der Waals surface area (Å²) >= 11 is 0. The Labute approximate surface area is 434 Å². The Morgan fingerprint density at radius 2 is 0.716 bits per heavy atom. The SMILES string of the molecule is Cc1ccc(N(c2cc(C(C)C)c3ccc4c(N(c5ccc(C)cc5)c5cccc6c5oc5c(C7CCCC7)cccc56)cc(C(C)C)c5ccc2c3c54)c2cccc3c2oc2c(C4CCCC4)cccc23)cc1. The smallest absolute Gasteiger partial charge is 0.159 e. The maximum absolute atomic E-state index is 7.28. The van der Waals surface area contributed by atoms with Gasteiger partial charge < -0.3 is 18.6 Å². The lowest BCUT2D eigenvalue weighted by Crippen LogP contribution is -2.13. The van der Waals surface area contributed by atoms with Gasteiger partial charge in [-0.2, -0.15) is 0 Å². The number of furan rings is 2. The molecule has 10 aromatic carbocycles. The van der Waals surface area contributed by atoms with E-state index >= 15 is 0 Å². The van der Waals surface area contributed by atoms with Crippen LogP contribution in [0.25, 0.3) is 76.2 Å². The van der Waals surface area contributed by atoms with Crippen LogP contribution in [0.3, 0.4) is 0 Å². The van der Waals surface area contributed by atoms with E-state index in [9.17, 15) is 0 Å². The molecule has 0 amide bonds. The number of aryl methyl sites for hydroxylation is 2. The van der Waals surface area contributed by atoms with Crippen molar-refractivity contribution in [3.05, 3.63) is 191 Å². The van der Waals surface area contributed by atoms with E-state index < -0.39 is 0 Å². The minimum absolute atomic E-state index is 0.252. The first-order chi connectivity index (χ1) is 36.2. The molecule has 2 saturated carbocycles. The topological polar surface area (TPSA) is 32.8 Å². The van der Waals surface area contributed by atoms with Crippen LogP contribution in [0.2, 0.25) is 0 Å². The molecule has 0 atom stereocenters. The van der Waals surface area contributed by atoms with E-state index in [0.29, 0.717) is 11.8 Å². The maximum Gasteiger partial charge on any atom is 0.159 e. The van der Waals surface area contributed by atoms with Crippen molar-refractivity contribution in [2.24, 2.45) is 0 Å². The van der Waals surface area contributed by atoms with Gasteiger partial charge in [0, 0.05) is 43.7 Å². The molecular formula is C70H64N2O2. The maximum atomic E-state index is 7.28. The van der Waals surface area contributed by atoms with E-state index in [-0.39, 0.29) is 11.8 Å². The molecule has 12 aromatic rings. The Hall–Kier alpha value is -7.56. The lowest BCUT2D eigenvalue weighted by atomic mass is 9.84. The molecule has 4 heteroatoms. The third-order valence-corrected chi connectivity index (χ3v) is 17.4. The largest absolute Gasteiger partial charge is 0.454 e. The fourth-order valence-corrected chi connectivity index (χ4v) is 13.7. The minimum atomic E-state index is 0.252. The number of fused-ring (bicyclic) bond motifs is 6. The van der Waals surface area contributed by atoms with Crippen molar-refractivity contribution in [1.29, 1.82) is 0 Å². The van der Waals surface area contributed by atoms with Crippen LogP contribution in [0.5, 0.6) is 0 Å². The Morgan fingerprint density at radius 3 is 1.09 bits per heavy atom. The van der Waals surface area contributed by atoms with Gasteiger partial charge in [0.05, 0.1) is 22.7 Å². The fraction of sp³-hybridized carbons (Fsp3) is 0.257. The van der Waals surface area contributed by atoms with Gasteiger partial charge in [-0.05, 0) is 156 Å². The third-order valence-electron chi connectivity index (χ3n) is 17.4. The molecule has 74 heavy (non-hydrogen) atoms. The first-order valence-electron chi connectivity index (χ1n) is 27.6. The highest BCUT2D eigenvalue weighted by Gasteiger charge is 2.30. The lowest BCUT2D eigenvalue weighted by Gasteiger charge is -2.31. The zero-order valence-corrected chi connectivity index (χ0v) is 43.7. The van der Waals surface area contributed by atoms with Gasteiger partial charge in [-0.3, -0.25) is 0 Å². The normalized spacial score (nSPS) is 14.9. The summed E-state index contributed by atoms with van der Waals surface area (Å²) in [4.78, 5) is 5.00. The number of benzene rings is 10. The van der Waals surface area contributed by atoms with E-state index in [1.54, 1.807) is 0 Å². The van der Waals surface area contributed by atoms with Gasteiger partial charge in [0.1, 0.15) is 11.2 Å². The molecule has 2 aromatic heterocycles. The summed E-state index contributed by atoms with van der Waals surface area (Å²) in [7, 11) is 0. The molecule has 0 spiro atoms. The van der Waals surface area contributed by atoms with E-state index in [1.165, 1.54) is 128 Å². The predicted octanol–water partition coefficient (Wildman–Crippen LogP) is 21.5. The van der Waals surface area contributed by atoms with Crippen molar-refractivity contribution in [1.82, 2.24) is 0 Å². The van der Waals surface area contributed by atoms with Gasteiger partial charge in [0.15, 0.2) is 11.2 Å². The Balaban J connectivity index is 1.06. The summed E-state index contributed by atoms with van der Waals surface area (Å²) in [5.41, 5.74) is 18.4. The van der Waals surface area contributed by atoms with Crippen LogP contribution in [0.1, 0.15) is 136 Å². The average molecular weight is 965 g/mol. The molecular weight excluding hydrogens is 901 g/mol. The molecule has 0 unspecified atom stereocenters. The van der Waals surface area contributed by atoms with Crippen LogP contribution < -0.4 is 9.80 Å². The second-order valence-electron chi connectivity index (χ2n) is 22.6. The highest BCUT2D eigenvalue weighted by Crippen LogP contribution is 2.54. The number of hydrogen-bond donors (Lipinski definition) is 0. The van der Waals surface area contributed by atoms with Crippen LogP contribution in [0, 0.1) is 13.8 Å². The highest BCUT2D eigenvalue weighted by molar-refractivity contribution is 6.30. The number of para-hydroxylation sites is 4. The molecule has 14 rings (SSSR count). The van der Waals surface area contributed by atoms with E-state index in [0.717, 1.165) is 67.2 Å². The number of nitrogens with zero attached hydrogens (tertiary/aromatic N) is 2. The first kappa shape index (κ1) is 45.1.